The summed E-state index contributed by atoms with van der Waals surface area (Å²) >= 11 is 0. The highest BCUT2D eigenvalue weighted by molar-refractivity contribution is 5.54. The molecule has 5 heteroatoms. The first-order valence-corrected chi connectivity index (χ1v) is 12.3. The minimum absolute atomic E-state index is 0.126. The molecule has 0 aliphatic heterocycles. The summed E-state index contributed by atoms with van der Waals surface area (Å²) < 4.78 is 0. The SMILES string of the molecule is Cc1cccc(-c2cccc(CCc3cccc(C(c4cccc(C)n4)c4cccc(C)n4)n3)n2)n1. The Bertz CT molecular complexity index is 1450. The molecule has 0 aromatic carbocycles. The van der Waals surface area contributed by atoms with Crippen molar-refractivity contribution in [3.63, 3.8) is 0 Å². The molecule has 0 fully saturated rings. The van der Waals surface area contributed by atoms with Crippen molar-refractivity contribution in [3.05, 3.63) is 137 Å². The van der Waals surface area contributed by atoms with E-state index in [2.05, 4.69) is 41.4 Å². The minimum Gasteiger partial charge on any atom is -0.257 e. The standard InChI is InChI=1S/C31H29N5/c1-21-9-4-14-26(32-21)27-15-7-12-24(35-27)19-20-25-13-8-18-30(36-25)31(28-16-5-10-22(2)33-28)29-17-6-11-23(3)34-29/h4-18,31H,19-20H2,1-3H3. The summed E-state index contributed by atoms with van der Waals surface area (Å²) in [4.78, 5) is 24.2. The summed E-state index contributed by atoms with van der Waals surface area (Å²) in [5.41, 5.74) is 9.67. The largest absolute Gasteiger partial charge is 0.257 e. The second-order valence-electron chi connectivity index (χ2n) is 9.07. The first kappa shape index (κ1) is 23.5. The zero-order valence-corrected chi connectivity index (χ0v) is 20.9. The molecule has 5 nitrogen and oxygen atoms in total. The molecule has 36 heavy (non-hydrogen) atoms. The Labute approximate surface area is 212 Å². The van der Waals surface area contributed by atoms with Crippen molar-refractivity contribution < 1.29 is 0 Å². The molecule has 5 rings (SSSR count). The molecule has 178 valence electrons. The molecule has 0 saturated carbocycles. The molecule has 0 radical (unpaired) electrons. The molecule has 0 bridgehead atoms. The molecule has 0 N–H and O–H groups in total. The van der Waals surface area contributed by atoms with Crippen molar-refractivity contribution in [1.29, 1.82) is 0 Å². The second-order valence-corrected chi connectivity index (χ2v) is 9.07. The van der Waals surface area contributed by atoms with Crippen molar-refractivity contribution in [2.75, 3.05) is 0 Å². The van der Waals surface area contributed by atoms with Crippen LogP contribution < -0.4 is 0 Å². The highest BCUT2D eigenvalue weighted by Crippen LogP contribution is 2.29. The average molecular weight is 472 g/mol. The van der Waals surface area contributed by atoms with E-state index in [1.807, 2.05) is 75.4 Å². The van der Waals surface area contributed by atoms with E-state index in [1.165, 1.54) is 0 Å². The van der Waals surface area contributed by atoms with E-state index in [0.29, 0.717) is 0 Å². The lowest BCUT2D eigenvalue weighted by molar-refractivity contribution is 0.801. The molecular formula is C31H29N5. The maximum Gasteiger partial charge on any atom is 0.0889 e. The Morgan fingerprint density at radius 3 is 1.42 bits per heavy atom. The van der Waals surface area contributed by atoms with Crippen LogP contribution in [0.4, 0.5) is 0 Å². The van der Waals surface area contributed by atoms with Crippen molar-refractivity contribution >= 4 is 0 Å². The van der Waals surface area contributed by atoms with Gasteiger partial charge in [0.25, 0.3) is 0 Å². The number of aryl methyl sites for hydroxylation is 5. The van der Waals surface area contributed by atoms with Gasteiger partial charge in [-0.2, -0.15) is 0 Å². The molecule has 0 saturated heterocycles. The summed E-state index contributed by atoms with van der Waals surface area (Å²) in [6.07, 6.45) is 1.59. The van der Waals surface area contributed by atoms with Crippen LogP contribution in [-0.2, 0) is 12.8 Å². The molecule has 5 aromatic heterocycles. The van der Waals surface area contributed by atoms with Gasteiger partial charge in [-0.3, -0.25) is 24.9 Å². The van der Waals surface area contributed by atoms with Gasteiger partial charge < -0.3 is 0 Å². The van der Waals surface area contributed by atoms with Gasteiger partial charge in [0.15, 0.2) is 0 Å². The van der Waals surface area contributed by atoms with Gasteiger partial charge in [-0.05, 0) is 94.3 Å². The van der Waals surface area contributed by atoms with E-state index in [1.54, 1.807) is 0 Å². The Morgan fingerprint density at radius 2 is 0.861 bits per heavy atom. The maximum absolute atomic E-state index is 5.07. The summed E-state index contributed by atoms with van der Waals surface area (Å²) in [7, 11) is 0. The van der Waals surface area contributed by atoms with Crippen LogP contribution in [0.3, 0.4) is 0 Å². The third-order valence-corrected chi connectivity index (χ3v) is 6.13. The molecule has 0 aliphatic rings. The third-order valence-electron chi connectivity index (χ3n) is 6.13. The fourth-order valence-electron chi connectivity index (χ4n) is 4.41. The fraction of sp³-hybridized carbons (Fsp3) is 0.194. The van der Waals surface area contributed by atoms with E-state index in [4.69, 9.17) is 19.9 Å². The molecule has 0 unspecified atom stereocenters. The van der Waals surface area contributed by atoms with Crippen LogP contribution >= 0.6 is 0 Å². The molecule has 0 spiro atoms. The molecule has 0 atom stereocenters. The van der Waals surface area contributed by atoms with Crippen LogP contribution in [0.5, 0.6) is 0 Å². The number of aromatic nitrogens is 5. The average Bonchev–Trinajstić information content (AvgIpc) is 2.88. The monoisotopic (exact) mass is 471 g/mol. The van der Waals surface area contributed by atoms with Gasteiger partial charge >= 0.3 is 0 Å². The lowest BCUT2D eigenvalue weighted by atomic mass is 9.94. The molecule has 5 heterocycles. The van der Waals surface area contributed by atoms with Gasteiger partial charge in [0, 0.05) is 28.5 Å². The summed E-state index contributed by atoms with van der Waals surface area (Å²) in [5, 5.41) is 0. The molecule has 0 amide bonds. The molecular weight excluding hydrogens is 442 g/mol. The van der Waals surface area contributed by atoms with Crippen LogP contribution in [0.2, 0.25) is 0 Å². The van der Waals surface area contributed by atoms with Crippen molar-refractivity contribution in [2.45, 2.75) is 39.5 Å². The summed E-state index contributed by atoms with van der Waals surface area (Å²) in [6.45, 7) is 6.03. The van der Waals surface area contributed by atoms with Crippen LogP contribution in [0.1, 0.15) is 51.5 Å². The molecule has 0 aliphatic carbocycles. The van der Waals surface area contributed by atoms with Crippen LogP contribution in [-0.4, -0.2) is 24.9 Å². The third kappa shape index (κ3) is 5.52. The normalized spacial score (nSPS) is 11.1. The van der Waals surface area contributed by atoms with Gasteiger partial charge in [0.05, 0.1) is 34.4 Å². The first-order chi connectivity index (χ1) is 17.5. The highest BCUT2D eigenvalue weighted by atomic mass is 14.8. The van der Waals surface area contributed by atoms with Gasteiger partial charge in [-0.1, -0.05) is 30.3 Å². The second kappa shape index (κ2) is 10.6. The number of pyridine rings is 5. The summed E-state index contributed by atoms with van der Waals surface area (Å²) in [5.74, 6) is -0.126. The van der Waals surface area contributed by atoms with E-state index in [0.717, 1.165) is 69.8 Å². The zero-order chi connectivity index (χ0) is 24.9. The van der Waals surface area contributed by atoms with E-state index < -0.39 is 0 Å². The van der Waals surface area contributed by atoms with E-state index >= 15 is 0 Å². The molecule has 5 aromatic rings. The smallest absolute Gasteiger partial charge is 0.0889 e. The van der Waals surface area contributed by atoms with Crippen molar-refractivity contribution in [2.24, 2.45) is 0 Å². The lowest BCUT2D eigenvalue weighted by Crippen LogP contribution is -2.11. The first-order valence-electron chi connectivity index (χ1n) is 12.3. The van der Waals surface area contributed by atoms with Crippen LogP contribution in [0.15, 0.2) is 91.0 Å². The van der Waals surface area contributed by atoms with Crippen LogP contribution in [0, 0.1) is 20.8 Å². The van der Waals surface area contributed by atoms with E-state index in [-0.39, 0.29) is 5.92 Å². The Hall–Kier alpha value is -4.25. The van der Waals surface area contributed by atoms with E-state index in [9.17, 15) is 0 Å². The fourth-order valence-corrected chi connectivity index (χ4v) is 4.41. The van der Waals surface area contributed by atoms with Crippen molar-refractivity contribution in [1.82, 2.24) is 24.9 Å². The maximum atomic E-state index is 5.07. The Morgan fingerprint density at radius 1 is 0.444 bits per heavy atom. The number of rotatable bonds is 7. The van der Waals surface area contributed by atoms with Gasteiger partial charge in [0.2, 0.25) is 0 Å². The Kier molecular flexibility index (Phi) is 6.89. The lowest BCUT2D eigenvalue weighted by Gasteiger charge is -2.17. The number of hydrogen-bond donors (Lipinski definition) is 0. The van der Waals surface area contributed by atoms with Gasteiger partial charge in [-0.15, -0.1) is 0 Å². The van der Waals surface area contributed by atoms with Crippen molar-refractivity contribution in [3.8, 4) is 11.4 Å². The number of nitrogens with zero attached hydrogens (tertiary/aromatic N) is 5. The van der Waals surface area contributed by atoms with Crippen LogP contribution in [0.25, 0.3) is 11.4 Å². The predicted molar refractivity (Wildman–Crippen MR) is 143 cm³/mol. The Balaban J connectivity index is 1.42. The van der Waals surface area contributed by atoms with Gasteiger partial charge in [-0.25, -0.2) is 0 Å². The summed E-state index contributed by atoms with van der Waals surface area (Å²) in [6, 6.07) is 30.6. The topological polar surface area (TPSA) is 64.5 Å². The quantitative estimate of drug-likeness (QED) is 0.282. The van der Waals surface area contributed by atoms with Gasteiger partial charge in [0.1, 0.15) is 0 Å². The zero-order valence-electron chi connectivity index (χ0n) is 20.9. The number of hydrogen-bond acceptors (Lipinski definition) is 5. The highest BCUT2D eigenvalue weighted by Gasteiger charge is 2.21. The predicted octanol–water partition coefficient (Wildman–Crippen LogP) is 6.22. The minimum atomic E-state index is -0.126.